The Kier molecular flexibility index (Phi) is 4.27. The van der Waals surface area contributed by atoms with Gasteiger partial charge in [-0.05, 0) is 50.4 Å². The topological polar surface area (TPSA) is 98.7 Å². The van der Waals surface area contributed by atoms with Crippen molar-refractivity contribution in [2.24, 2.45) is 17.8 Å². The van der Waals surface area contributed by atoms with Crippen LogP contribution in [-0.4, -0.2) is 37.6 Å². The van der Waals surface area contributed by atoms with E-state index >= 15 is 0 Å². The lowest BCUT2D eigenvalue weighted by molar-refractivity contribution is 0.0944. The maximum atomic E-state index is 12.4. The Hall–Kier alpha value is -2.25. The summed E-state index contributed by atoms with van der Waals surface area (Å²) < 4.78 is 6.96. The molecule has 2 heterocycles. The number of amides is 1. The van der Waals surface area contributed by atoms with Crippen molar-refractivity contribution in [3.63, 3.8) is 0 Å². The lowest BCUT2D eigenvalue weighted by atomic mass is 9.86. The molecule has 2 saturated carbocycles. The summed E-state index contributed by atoms with van der Waals surface area (Å²) in [5, 5.41) is 18.8. The van der Waals surface area contributed by atoms with Crippen LogP contribution in [0.25, 0.3) is 0 Å². The molecule has 1 amide bonds. The summed E-state index contributed by atoms with van der Waals surface area (Å²) in [6, 6.07) is 0. The Morgan fingerprint density at radius 1 is 1.24 bits per heavy atom. The van der Waals surface area contributed by atoms with Gasteiger partial charge in [-0.15, -0.1) is 15.3 Å². The first-order valence-corrected chi connectivity index (χ1v) is 9.07. The van der Waals surface area contributed by atoms with Crippen LogP contribution in [0.3, 0.4) is 0 Å². The van der Waals surface area contributed by atoms with Crippen LogP contribution in [0, 0.1) is 31.6 Å². The molecular formula is C17H24N6O2. The third-order valence-corrected chi connectivity index (χ3v) is 5.74. The summed E-state index contributed by atoms with van der Waals surface area (Å²) in [4.78, 5) is 12.4. The Morgan fingerprint density at radius 2 is 2.12 bits per heavy atom. The van der Waals surface area contributed by atoms with Crippen molar-refractivity contribution < 1.29 is 9.21 Å². The number of hydrogen-bond donors (Lipinski definition) is 1. The van der Waals surface area contributed by atoms with Crippen LogP contribution in [-0.2, 0) is 6.54 Å². The van der Waals surface area contributed by atoms with Crippen LogP contribution in [0.4, 0.5) is 0 Å². The molecule has 134 valence electrons. The molecule has 2 aromatic heterocycles. The van der Waals surface area contributed by atoms with E-state index in [0.717, 1.165) is 24.2 Å². The van der Waals surface area contributed by atoms with E-state index in [1.54, 1.807) is 11.6 Å². The van der Waals surface area contributed by atoms with Gasteiger partial charge in [0.05, 0.1) is 5.69 Å². The third-order valence-electron chi connectivity index (χ3n) is 5.74. The van der Waals surface area contributed by atoms with E-state index in [0.29, 0.717) is 36.3 Å². The summed E-state index contributed by atoms with van der Waals surface area (Å²) in [5.74, 6) is 3.42. The van der Waals surface area contributed by atoms with Gasteiger partial charge in [-0.3, -0.25) is 4.79 Å². The molecule has 2 aromatic rings. The van der Waals surface area contributed by atoms with Crippen LogP contribution in [0.5, 0.6) is 0 Å². The Morgan fingerprint density at radius 3 is 2.80 bits per heavy atom. The zero-order chi connectivity index (χ0) is 17.4. The minimum Gasteiger partial charge on any atom is -0.424 e. The highest BCUT2D eigenvalue weighted by atomic mass is 16.4. The van der Waals surface area contributed by atoms with E-state index < -0.39 is 0 Å². The summed E-state index contributed by atoms with van der Waals surface area (Å²) in [6.07, 6.45) is 6.61. The number of hydrogen-bond acceptors (Lipinski definition) is 6. The first kappa shape index (κ1) is 16.2. The molecule has 0 aliphatic heterocycles. The lowest BCUT2D eigenvalue weighted by Crippen LogP contribution is -2.28. The van der Waals surface area contributed by atoms with E-state index in [9.17, 15) is 4.79 Å². The lowest BCUT2D eigenvalue weighted by Gasteiger charge is -2.21. The van der Waals surface area contributed by atoms with Crippen LogP contribution < -0.4 is 5.32 Å². The highest BCUT2D eigenvalue weighted by molar-refractivity contribution is 5.93. The molecule has 0 unspecified atom stereocenters. The number of aryl methyl sites for hydroxylation is 1. The third kappa shape index (κ3) is 3.29. The molecule has 8 nitrogen and oxygen atoms in total. The Labute approximate surface area is 146 Å². The highest BCUT2D eigenvalue weighted by Crippen LogP contribution is 2.49. The molecule has 2 aliphatic carbocycles. The summed E-state index contributed by atoms with van der Waals surface area (Å²) in [7, 11) is 0. The number of nitrogens with one attached hydrogen (secondary N) is 1. The molecule has 3 atom stereocenters. The van der Waals surface area contributed by atoms with Gasteiger partial charge in [0.2, 0.25) is 11.8 Å². The predicted molar refractivity (Wildman–Crippen MR) is 88.8 cm³/mol. The fourth-order valence-corrected chi connectivity index (χ4v) is 4.43. The quantitative estimate of drug-likeness (QED) is 0.859. The van der Waals surface area contributed by atoms with Crippen LogP contribution in [0.1, 0.15) is 60.1 Å². The van der Waals surface area contributed by atoms with Crippen molar-refractivity contribution in [3.05, 3.63) is 23.2 Å². The van der Waals surface area contributed by atoms with E-state index in [2.05, 4.69) is 25.8 Å². The predicted octanol–water partition coefficient (Wildman–Crippen LogP) is 1.88. The number of carbonyl (C=O) groups is 1. The van der Waals surface area contributed by atoms with Gasteiger partial charge in [-0.1, -0.05) is 11.6 Å². The highest BCUT2D eigenvalue weighted by Gasteiger charge is 2.38. The second-order valence-corrected chi connectivity index (χ2v) is 7.38. The molecule has 2 bridgehead atoms. The minimum absolute atomic E-state index is 0.159. The summed E-state index contributed by atoms with van der Waals surface area (Å²) in [5.41, 5.74) is 1.07. The normalized spacial score (nSPS) is 24.8. The number of carbonyl (C=O) groups excluding carboxylic acids is 1. The molecule has 2 aliphatic rings. The van der Waals surface area contributed by atoms with Crippen molar-refractivity contribution in [2.75, 3.05) is 6.54 Å². The smallest absolute Gasteiger partial charge is 0.273 e. The molecule has 8 heteroatoms. The average Bonchev–Trinajstić information content (AvgIpc) is 3.35. The monoisotopic (exact) mass is 344 g/mol. The van der Waals surface area contributed by atoms with Gasteiger partial charge in [0.25, 0.3) is 5.91 Å². The SMILES string of the molecule is Cc1nnc(Cn2nnc(C(=O)NCC[C@@H]3C[C@H]4CC[C@H]3C4)c2C)o1. The van der Waals surface area contributed by atoms with E-state index in [1.165, 1.54) is 25.7 Å². The zero-order valence-corrected chi connectivity index (χ0v) is 14.7. The molecule has 0 radical (unpaired) electrons. The van der Waals surface area contributed by atoms with Gasteiger partial charge in [-0.25, -0.2) is 4.68 Å². The van der Waals surface area contributed by atoms with Crippen molar-refractivity contribution in [1.82, 2.24) is 30.5 Å². The van der Waals surface area contributed by atoms with Gasteiger partial charge in [0, 0.05) is 13.5 Å². The number of rotatable bonds is 6. The van der Waals surface area contributed by atoms with Gasteiger partial charge in [0.1, 0.15) is 6.54 Å². The van der Waals surface area contributed by atoms with Crippen molar-refractivity contribution in [1.29, 1.82) is 0 Å². The molecular weight excluding hydrogens is 320 g/mol. The van der Waals surface area contributed by atoms with E-state index in [-0.39, 0.29) is 5.91 Å². The molecule has 4 rings (SSSR count). The van der Waals surface area contributed by atoms with Gasteiger partial charge in [0.15, 0.2) is 5.69 Å². The second kappa shape index (κ2) is 6.57. The Balaban J connectivity index is 1.31. The van der Waals surface area contributed by atoms with Gasteiger partial charge < -0.3 is 9.73 Å². The fourth-order valence-electron chi connectivity index (χ4n) is 4.43. The van der Waals surface area contributed by atoms with Crippen LogP contribution in [0.2, 0.25) is 0 Å². The molecule has 0 saturated heterocycles. The van der Waals surface area contributed by atoms with Crippen molar-refractivity contribution in [2.45, 2.75) is 52.5 Å². The number of aromatic nitrogens is 5. The van der Waals surface area contributed by atoms with Crippen molar-refractivity contribution >= 4 is 5.91 Å². The maximum Gasteiger partial charge on any atom is 0.273 e. The number of nitrogens with zero attached hydrogens (tertiary/aromatic N) is 5. The molecule has 25 heavy (non-hydrogen) atoms. The fraction of sp³-hybridized carbons (Fsp3) is 0.706. The first-order valence-electron chi connectivity index (χ1n) is 9.07. The second-order valence-electron chi connectivity index (χ2n) is 7.38. The minimum atomic E-state index is -0.159. The Bertz CT molecular complexity index is 767. The molecule has 0 spiro atoms. The van der Waals surface area contributed by atoms with Gasteiger partial charge >= 0.3 is 0 Å². The largest absolute Gasteiger partial charge is 0.424 e. The molecule has 2 fully saturated rings. The van der Waals surface area contributed by atoms with Crippen LogP contribution in [0.15, 0.2) is 4.42 Å². The molecule has 0 aromatic carbocycles. The van der Waals surface area contributed by atoms with Crippen LogP contribution >= 0.6 is 0 Å². The van der Waals surface area contributed by atoms with E-state index in [1.807, 2.05) is 6.92 Å². The zero-order valence-electron chi connectivity index (χ0n) is 14.7. The summed E-state index contributed by atoms with van der Waals surface area (Å²) >= 11 is 0. The summed E-state index contributed by atoms with van der Waals surface area (Å²) in [6.45, 7) is 4.59. The van der Waals surface area contributed by atoms with Crippen molar-refractivity contribution in [3.8, 4) is 0 Å². The standard InChI is InChI=1S/C17H24N6O2/c1-10-16(21-22-23(10)9-15-20-19-11(2)25-15)17(24)18-6-5-14-8-12-3-4-13(14)7-12/h12-14H,3-9H2,1-2H3,(H,18,24)/t12-,13-,14+/m0/s1. The average molecular weight is 344 g/mol. The van der Waals surface area contributed by atoms with Gasteiger partial charge in [-0.2, -0.15) is 0 Å². The number of fused-ring (bicyclic) bond motifs is 2. The maximum absolute atomic E-state index is 12.4. The first-order chi connectivity index (χ1) is 12.1. The molecule has 1 N–H and O–H groups in total. The van der Waals surface area contributed by atoms with E-state index in [4.69, 9.17) is 4.42 Å².